The molecule has 0 amide bonds. The van der Waals surface area contributed by atoms with Crippen LogP contribution in [0, 0.1) is 5.92 Å². The zero-order valence-electron chi connectivity index (χ0n) is 15.5. The summed E-state index contributed by atoms with van der Waals surface area (Å²) in [6.07, 6.45) is 1.48. The van der Waals surface area contributed by atoms with E-state index in [9.17, 15) is 10.2 Å². The minimum Gasteiger partial charge on any atom is -0.506 e. The molecule has 2 aromatic rings. The van der Waals surface area contributed by atoms with Gasteiger partial charge in [0.05, 0.1) is 17.7 Å². The third-order valence-electron chi connectivity index (χ3n) is 4.59. The number of phenols is 1. The predicted octanol–water partition coefficient (Wildman–Crippen LogP) is 3.93. The Bertz CT molecular complexity index is 732. The van der Waals surface area contributed by atoms with E-state index >= 15 is 0 Å². The number of anilines is 1. The number of aliphatic hydroxyl groups is 1. The topological polar surface area (TPSA) is 64.5 Å². The number of aromatic hydroxyl groups is 1. The highest BCUT2D eigenvalue weighted by molar-refractivity contribution is 8.00. The highest BCUT2D eigenvalue weighted by Gasteiger charge is 2.22. The van der Waals surface area contributed by atoms with Gasteiger partial charge in [-0.15, -0.1) is 11.8 Å². The van der Waals surface area contributed by atoms with Crippen LogP contribution < -0.4 is 10.6 Å². The van der Waals surface area contributed by atoms with Crippen LogP contribution in [0.3, 0.4) is 0 Å². The number of fused-ring (bicyclic) bond motifs is 1. The lowest BCUT2D eigenvalue weighted by Crippen LogP contribution is -2.24. The molecule has 2 aromatic carbocycles. The van der Waals surface area contributed by atoms with Gasteiger partial charge in [-0.05, 0) is 48.1 Å². The van der Waals surface area contributed by atoms with E-state index in [1.54, 1.807) is 17.8 Å². The summed E-state index contributed by atoms with van der Waals surface area (Å²) < 4.78 is 0. The van der Waals surface area contributed by atoms with Gasteiger partial charge in [0, 0.05) is 11.4 Å². The molecule has 4 N–H and O–H groups in total. The number of aliphatic hydroxyl groups excluding tert-OH is 1. The van der Waals surface area contributed by atoms with Gasteiger partial charge in [-0.3, -0.25) is 0 Å². The Hall–Kier alpha value is -1.69. The maximum absolute atomic E-state index is 10.5. The molecule has 1 atom stereocenters. The second-order valence-electron chi connectivity index (χ2n) is 7.23. The average Bonchev–Trinajstić information content (AvgIpc) is 3.10. The van der Waals surface area contributed by atoms with Crippen molar-refractivity contribution in [1.29, 1.82) is 0 Å². The van der Waals surface area contributed by atoms with Gasteiger partial charge < -0.3 is 20.8 Å². The van der Waals surface area contributed by atoms with E-state index in [4.69, 9.17) is 0 Å². The summed E-state index contributed by atoms with van der Waals surface area (Å²) in [7, 11) is 0. The van der Waals surface area contributed by atoms with Crippen LogP contribution in [0.2, 0.25) is 0 Å². The first-order chi connectivity index (χ1) is 12.5. The van der Waals surface area contributed by atoms with Crippen LogP contribution in [-0.4, -0.2) is 29.2 Å². The van der Waals surface area contributed by atoms with Gasteiger partial charge in [0.25, 0.3) is 0 Å². The third kappa shape index (κ3) is 4.72. The Morgan fingerprint density at radius 3 is 2.58 bits per heavy atom. The second kappa shape index (κ2) is 8.80. The molecule has 26 heavy (non-hydrogen) atoms. The average molecular weight is 373 g/mol. The first-order valence-electron chi connectivity index (χ1n) is 9.23. The zero-order valence-corrected chi connectivity index (χ0v) is 16.3. The lowest BCUT2D eigenvalue weighted by molar-refractivity contribution is 0.172. The Kier molecular flexibility index (Phi) is 6.46. The van der Waals surface area contributed by atoms with E-state index in [0.29, 0.717) is 12.5 Å². The van der Waals surface area contributed by atoms with Crippen LogP contribution in [0.25, 0.3) is 0 Å². The summed E-state index contributed by atoms with van der Waals surface area (Å²) in [5.41, 5.74) is 4.32. The number of hydrogen-bond acceptors (Lipinski definition) is 5. The quantitative estimate of drug-likeness (QED) is 0.418. The number of phenolic OH excluding ortho intramolecular Hbond substituents is 1. The molecule has 0 aromatic heterocycles. The molecule has 0 aliphatic carbocycles. The first kappa shape index (κ1) is 19.1. The summed E-state index contributed by atoms with van der Waals surface area (Å²) in [5, 5.41) is 26.9. The fraction of sp³-hybridized carbons (Fsp3) is 0.429. The van der Waals surface area contributed by atoms with E-state index in [1.807, 2.05) is 6.07 Å². The Labute approximate surface area is 160 Å². The van der Waals surface area contributed by atoms with Gasteiger partial charge in [0.2, 0.25) is 0 Å². The van der Waals surface area contributed by atoms with Gasteiger partial charge in [0.15, 0.2) is 0 Å². The highest BCUT2D eigenvalue weighted by Crippen LogP contribution is 2.44. The molecule has 0 fully saturated rings. The monoisotopic (exact) mass is 372 g/mol. The SMILES string of the molecule is CC(C)Cc1ccc(CCNCC(O)c2ccc(O)c3c2SCN3)cc1. The van der Waals surface area contributed by atoms with Crippen molar-refractivity contribution in [3.05, 3.63) is 53.1 Å². The van der Waals surface area contributed by atoms with Crippen molar-refractivity contribution >= 4 is 17.4 Å². The minimum absolute atomic E-state index is 0.245. The zero-order chi connectivity index (χ0) is 18.5. The lowest BCUT2D eigenvalue weighted by Gasteiger charge is -2.16. The van der Waals surface area contributed by atoms with Crippen molar-refractivity contribution in [2.75, 3.05) is 24.3 Å². The lowest BCUT2D eigenvalue weighted by atomic mass is 10.0. The molecule has 1 aliphatic heterocycles. The molecule has 1 unspecified atom stereocenters. The summed E-state index contributed by atoms with van der Waals surface area (Å²) in [4.78, 5) is 0.958. The molecule has 0 saturated carbocycles. The smallest absolute Gasteiger partial charge is 0.139 e. The molecular formula is C21H28N2O2S. The van der Waals surface area contributed by atoms with Crippen LogP contribution >= 0.6 is 11.8 Å². The second-order valence-corrected chi connectivity index (χ2v) is 8.21. The number of thioether (sulfide) groups is 1. The number of benzene rings is 2. The van der Waals surface area contributed by atoms with E-state index in [1.165, 1.54) is 11.1 Å². The first-order valence-corrected chi connectivity index (χ1v) is 10.2. The van der Waals surface area contributed by atoms with Gasteiger partial charge in [0.1, 0.15) is 5.75 Å². The van der Waals surface area contributed by atoms with Crippen molar-refractivity contribution in [2.45, 2.75) is 37.7 Å². The van der Waals surface area contributed by atoms with E-state index < -0.39 is 6.10 Å². The van der Waals surface area contributed by atoms with Gasteiger partial charge in [-0.25, -0.2) is 0 Å². The third-order valence-corrected chi connectivity index (χ3v) is 5.60. The molecule has 1 aliphatic rings. The molecule has 1 heterocycles. The molecule has 0 spiro atoms. The maximum atomic E-state index is 10.5. The van der Waals surface area contributed by atoms with Crippen molar-refractivity contribution in [3.8, 4) is 5.75 Å². The predicted molar refractivity (Wildman–Crippen MR) is 109 cm³/mol. The summed E-state index contributed by atoms with van der Waals surface area (Å²) in [6.45, 7) is 5.80. The minimum atomic E-state index is -0.579. The Morgan fingerprint density at radius 1 is 1.12 bits per heavy atom. The van der Waals surface area contributed by atoms with Gasteiger partial charge in [-0.1, -0.05) is 44.2 Å². The van der Waals surface area contributed by atoms with Gasteiger partial charge >= 0.3 is 0 Å². The highest BCUT2D eigenvalue weighted by atomic mass is 32.2. The van der Waals surface area contributed by atoms with E-state index in [0.717, 1.165) is 41.4 Å². The van der Waals surface area contributed by atoms with Crippen LogP contribution in [0.5, 0.6) is 5.75 Å². The van der Waals surface area contributed by atoms with Crippen molar-refractivity contribution in [1.82, 2.24) is 5.32 Å². The standard InChI is InChI=1S/C21H28N2O2S/c1-14(2)11-16-5-3-15(4-6-16)9-10-22-12-19(25)17-7-8-18(24)20-21(17)26-13-23-20/h3-8,14,19,22-25H,9-13H2,1-2H3. The maximum Gasteiger partial charge on any atom is 0.139 e. The van der Waals surface area contributed by atoms with E-state index in [-0.39, 0.29) is 5.75 Å². The summed E-state index contributed by atoms with van der Waals surface area (Å²) in [6, 6.07) is 12.3. The number of rotatable bonds is 8. The van der Waals surface area contributed by atoms with Crippen molar-refractivity contribution in [3.63, 3.8) is 0 Å². The number of nitrogens with one attached hydrogen (secondary N) is 2. The largest absolute Gasteiger partial charge is 0.506 e. The van der Waals surface area contributed by atoms with Crippen molar-refractivity contribution in [2.24, 2.45) is 5.92 Å². The summed E-state index contributed by atoms with van der Waals surface area (Å²) >= 11 is 1.62. The molecule has 140 valence electrons. The molecule has 0 radical (unpaired) electrons. The van der Waals surface area contributed by atoms with Crippen LogP contribution in [0.4, 0.5) is 5.69 Å². The molecule has 4 nitrogen and oxygen atoms in total. The number of hydrogen-bond donors (Lipinski definition) is 4. The summed E-state index contributed by atoms with van der Waals surface area (Å²) in [5.74, 6) is 1.65. The Balaban J connectivity index is 1.47. The molecule has 0 saturated heterocycles. The fourth-order valence-electron chi connectivity index (χ4n) is 3.25. The molecule has 0 bridgehead atoms. The molecule has 3 rings (SSSR count). The van der Waals surface area contributed by atoms with Gasteiger partial charge in [-0.2, -0.15) is 0 Å². The van der Waals surface area contributed by atoms with Crippen LogP contribution in [0.15, 0.2) is 41.3 Å². The van der Waals surface area contributed by atoms with Crippen LogP contribution in [-0.2, 0) is 12.8 Å². The fourth-order valence-corrected chi connectivity index (χ4v) is 4.31. The van der Waals surface area contributed by atoms with Crippen molar-refractivity contribution < 1.29 is 10.2 Å². The normalized spacial score (nSPS) is 14.3. The van der Waals surface area contributed by atoms with E-state index in [2.05, 4.69) is 48.7 Å². The Morgan fingerprint density at radius 2 is 1.85 bits per heavy atom. The molecular weight excluding hydrogens is 344 g/mol. The molecule has 5 heteroatoms. The van der Waals surface area contributed by atoms with Crippen LogP contribution in [0.1, 0.15) is 36.6 Å².